The summed E-state index contributed by atoms with van der Waals surface area (Å²) in [5.74, 6) is 0.876. The van der Waals surface area contributed by atoms with Gasteiger partial charge in [0.2, 0.25) is 0 Å². The minimum atomic E-state index is -0.0115. The van der Waals surface area contributed by atoms with E-state index in [1.54, 1.807) is 0 Å². The molecular weight excluding hydrogens is 174 g/mol. The third kappa shape index (κ3) is 2.10. The molecule has 0 unspecified atom stereocenters. The Morgan fingerprint density at radius 1 is 1.14 bits per heavy atom. The molecule has 2 N–H and O–H groups in total. The fraction of sp³-hybridized carbons (Fsp3) is 0.636. The van der Waals surface area contributed by atoms with Gasteiger partial charge in [-0.2, -0.15) is 0 Å². The fourth-order valence-electron chi connectivity index (χ4n) is 1.22. The van der Waals surface area contributed by atoms with Gasteiger partial charge in [-0.3, -0.25) is 0 Å². The monoisotopic (exact) mass is 193 g/mol. The summed E-state index contributed by atoms with van der Waals surface area (Å²) in [4.78, 5) is 8.97. The Hall–Kier alpha value is -0.960. The number of hydrogen-bond donors (Lipinski definition) is 1. The highest BCUT2D eigenvalue weighted by atomic mass is 14.9. The summed E-state index contributed by atoms with van der Waals surface area (Å²) in [7, 11) is 0. The van der Waals surface area contributed by atoms with Crippen molar-refractivity contribution in [3.8, 4) is 0 Å². The first-order valence-electron chi connectivity index (χ1n) is 4.91. The minimum absolute atomic E-state index is 0.0115. The molecule has 0 fully saturated rings. The van der Waals surface area contributed by atoms with E-state index < -0.39 is 0 Å². The number of nitrogens with zero attached hydrogens (tertiary/aromatic N) is 2. The number of aryl methyl sites for hydroxylation is 1. The van der Waals surface area contributed by atoms with Gasteiger partial charge in [-0.15, -0.1) is 0 Å². The van der Waals surface area contributed by atoms with Gasteiger partial charge in [0.05, 0.1) is 5.69 Å². The van der Waals surface area contributed by atoms with Crippen molar-refractivity contribution in [1.29, 1.82) is 0 Å². The van der Waals surface area contributed by atoms with Crippen molar-refractivity contribution in [3.05, 3.63) is 22.8 Å². The number of rotatable bonds is 1. The standard InChI is InChI=1S/C11H19N3/c1-7-8(2)13-10(11(3,4)5)14-9(7)6-12/h6,12H2,1-5H3. The van der Waals surface area contributed by atoms with Crippen molar-refractivity contribution in [3.63, 3.8) is 0 Å². The lowest BCUT2D eigenvalue weighted by Gasteiger charge is -2.19. The van der Waals surface area contributed by atoms with Gasteiger partial charge in [-0.05, 0) is 19.4 Å². The highest BCUT2D eigenvalue weighted by Crippen LogP contribution is 2.20. The van der Waals surface area contributed by atoms with Crippen LogP contribution >= 0.6 is 0 Å². The molecule has 0 bridgehead atoms. The van der Waals surface area contributed by atoms with Gasteiger partial charge in [-0.25, -0.2) is 9.97 Å². The van der Waals surface area contributed by atoms with Gasteiger partial charge in [0, 0.05) is 17.7 Å². The van der Waals surface area contributed by atoms with Crippen LogP contribution in [0.5, 0.6) is 0 Å². The normalized spacial score (nSPS) is 11.9. The van der Waals surface area contributed by atoms with E-state index in [9.17, 15) is 0 Å². The van der Waals surface area contributed by atoms with Crippen molar-refractivity contribution in [2.75, 3.05) is 0 Å². The Balaban J connectivity index is 3.30. The van der Waals surface area contributed by atoms with Crippen LogP contribution in [0.15, 0.2) is 0 Å². The Morgan fingerprint density at radius 3 is 2.14 bits per heavy atom. The second-order valence-electron chi connectivity index (χ2n) is 4.66. The van der Waals surface area contributed by atoms with Crippen LogP contribution in [-0.2, 0) is 12.0 Å². The molecular formula is C11H19N3. The molecule has 0 radical (unpaired) electrons. The lowest BCUT2D eigenvalue weighted by Crippen LogP contribution is -2.19. The summed E-state index contributed by atoms with van der Waals surface area (Å²) in [6.07, 6.45) is 0. The average molecular weight is 193 g/mol. The van der Waals surface area contributed by atoms with E-state index in [0.717, 1.165) is 22.8 Å². The molecule has 0 saturated carbocycles. The zero-order valence-electron chi connectivity index (χ0n) is 9.68. The van der Waals surface area contributed by atoms with Crippen LogP contribution in [0.1, 0.15) is 43.5 Å². The molecule has 1 heterocycles. The molecule has 0 aromatic carbocycles. The molecule has 0 aliphatic rings. The van der Waals surface area contributed by atoms with Crippen LogP contribution in [0.3, 0.4) is 0 Å². The van der Waals surface area contributed by atoms with E-state index in [1.807, 2.05) is 13.8 Å². The van der Waals surface area contributed by atoms with Crippen LogP contribution in [0, 0.1) is 13.8 Å². The zero-order chi connectivity index (χ0) is 10.9. The average Bonchev–Trinajstić information content (AvgIpc) is 2.07. The topological polar surface area (TPSA) is 51.8 Å². The van der Waals surface area contributed by atoms with E-state index >= 15 is 0 Å². The number of hydrogen-bond acceptors (Lipinski definition) is 3. The van der Waals surface area contributed by atoms with Crippen molar-refractivity contribution in [2.24, 2.45) is 5.73 Å². The molecule has 0 saturated heterocycles. The molecule has 1 aromatic rings. The highest BCUT2D eigenvalue weighted by molar-refractivity contribution is 5.24. The highest BCUT2D eigenvalue weighted by Gasteiger charge is 2.19. The molecule has 1 rings (SSSR count). The molecule has 0 aliphatic heterocycles. The quantitative estimate of drug-likeness (QED) is 0.740. The van der Waals surface area contributed by atoms with Gasteiger partial charge >= 0.3 is 0 Å². The van der Waals surface area contributed by atoms with Gasteiger partial charge in [0.25, 0.3) is 0 Å². The van der Waals surface area contributed by atoms with E-state index in [2.05, 4.69) is 30.7 Å². The van der Waals surface area contributed by atoms with Crippen molar-refractivity contribution in [1.82, 2.24) is 9.97 Å². The van der Waals surface area contributed by atoms with E-state index in [-0.39, 0.29) is 5.41 Å². The molecule has 0 spiro atoms. The predicted molar refractivity (Wildman–Crippen MR) is 58.1 cm³/mol. The SMILES string of the molecule is Cc1nc(C(C)(C)C)nc(CN)c1C. The Morgan fingerprint density at radius 2 is 1.71 bits per heavy atom. The molecule has 0 aliphatic carbocycles. The first kappa shape index (κ1) is 11.1. The van der Waals surface area contributed by atoms with Crippen LogP contribution in [-0.4, -0.2) is 9.97 Å². The molecule has 0 amide bonds. The van der Waals surface area contributed by atoms with Crippen LogP contribution < -0.4 is 5.73 Å². The van der Waals surface area contributed by atoms with Crippen LogP contribution in [0.25, 0.3) is 0 Å². The lowest BCUT2D eigenvalue weighted by atomic mass is 9.95. The number of nitrogens with two attached hydrogens (primary N) is 1. The molecule has 3 nitrogen and oxygen atoms in total. The van der Waals surface area contributed by atoms with E-state index in [1.165, 1.54) is 0 Å². The number of aromatic nitrogens is 2. The van der Waals surface area contributed by atoms with Crippen molar-refractivity contribution >= 4 is 0 Å². The maximum atomic E-state index is 5.64. The zero-order valence-corrected chi connectivity index (χ0v) is 9.68. The lowest BCUT2D eigenvalue weighted by molar-refractivity contribution is 0.537. The minimum Gasteiger partial charge on any atom is -0.325 e. The largest absolute Gasteiger partial charge is 0.325 e. The maximum Gasteiger partial charge on any atom is 0.134 e. The second kappa shape index (κ2) is 3.65. The second-order valence-corrected chi connectivity index (χ2v) is 4.66. The molecule has 3 heteroatoms. The summed E-state index contributed by atoms with van der Waals surface area (Å²) < 4.78 is 0. The summed E-state index contributed by atoms with van der Waals surface area (Å²) in [6, 6.07) is 0. The third-order valence-electron chi connectivity index (χ3n) is 2.35. The van der Waals surface area contributed by atoms with Crippen LogP contribution in [0.4, 0.5) is 0 Å². The summed E-state index contributed by atoms with van der Waals surface area (Å²) in [5, 5.41) is 0. The molecule has 14 heavy (non-hydrogen) atoms. The van der Waals surface area contributed by atoms with Crippen molar-refractivity contribution in [2.45, 2.75) is 46.6 Å². The molecule has 78 valence electrons. The fourth-order valence-corrected chi connectivity index (χ4v) is 1.22. The van der Waals surface area contributed by atoms with Gasteiger partial charge in [0.1, 0.15) is 5.82 Å². The smallest absolute Gasteiger partial charge is 0.134 e. The van der Waals surface area contributed by atoms with Crippen LogP contribution in [0.2, 0.25) is 0 Å². The van der Waals surface area contributed by atoms with Gasteiger partial charge < -0.3 is 5.73 Å². The summed E-state index contributed by atoms with van der Waals surface area (Å²) in [6.45, 7) is 10.8. The van der Waals surface area contributed by atoms with Gasteiger partial charge in [-0.1, -0.05) is 20.8 Å². The first-order valence-corrected chi connectivity index (χ1v) is 4.91. The Bertz CT molecular complexity index is 337. The van der Waals surface area contributed by atoms with E-state index in [0.29, 0.717) is 6.54 Å². The van der Waals surface area contributed by atoms with Gasteiger partial charge in [0.15, 0.2) is 0 Å². The third-order valence-corrected chi connectivity index (χ3v) is 2.35. The summed E-state index contributed by atoms with van der Waals surface area (Å²) in [5.41, 5.74) is 8.73. The molecule has 1 aromatic heterocycles. The summed E-state index contributed by atoms with van der Waals surface area (Å²) >= 11 is 0. The first-order chi connectivity index (χ1) is 6.36. The molecule has 0 atom stereocenters. The van der Waals surface area contributed by atoms with E-state index in [4.69, 9.17) is 5.73 Å². The van der Waals surface area contributed by atoms with Crippen molar-refractivity contribution < 1.29 is 0 Å². The predicted octanol–water partition coefficient (Wildman–Crippen LogP) is 1.85. The Labute approximate surface area is 85.8 Å². The maximum absolute atomic E-state index is 5.64. The Kier molecular flexibility index (Phi) is 2.90.